The quantitative estimate of drug-likeness (QED) is 0.619. The third kappa shape index (κ3) is 3.20. The molecule has 2 aromatic heterocycles. The number of hydrogen-bond donors (Lipinski definition) is 2. The summed E-state index contributed by atoms with van der Waals surface area (Å²) in [6.07, 6.45) is 1.41. The minimum Gasteiger partial charge on any atom is -0.493 e. The lowest BCUT2D eigenvalue weighted by molar-refractivity contribution is 0.174. The molecule has 26 heavy (non-hydrogen) atoms. The lowest BCUT2D eigenvalue weighted by atomic mass is 10.0. The molecule has 0 fully saturated rings. The number of rotatable bonds is 8. The van der Waals surface area contributed by atoms with Gasteiger partial charge >= 0.3 is 0 Å². The Bertz CT molecular complexity index is 879. The van der Waals surface area contributed by atoms with Crippen LogP contribution in [0, 0.1) is 0 Å². The van der Waals surface area contributed by atoms with Gasteiger partial charge in [-0.05, 0) is 24.2 Å². The number of aliphatic hydroxyl groups excluding tert-OH is 1. The van der Waals surface area contributed by atoms with Gasteiger partial charge in [-0.1, -0.05) is 24.3 Å². The van der Waals surface area contributed by atoms with Gasteiger partial charge in [0.1, 0.15) is 6.33 Å². The Morgan fingerprint density at radius 2 is 2.04 bits per heavy atom. The van der Waals surface area contributed by atoms with Crippen molar-refractivity contribution in [3.8, 4) is 17.4 Å². The van der Waals surface area contributed by atoms with Crippen molar-refractivity contribution in [3.05, 3.63) is 35.0 Å². The molecule has 0 radical (unpaired) electrons. The molecule has 0 aliphatic heterocycles. The van der Waals surface area contributed by atoms with Gasteiger partial charge in [0.25, 0.3) is 0 Å². The fourth-order valence-electron chi connectivity index (χ4n) is 3.02. The molecule has 1 aromatic carbocycles. The van der Waals surface area contributed by atoms with Crippen LogP contribution < -0.4 is 9.47 Å². The molecule has 0 aliphatic rings. The Hall–Kier alpha value is -2.36. The lowest BCUT2D eigenvalue weighted by Crippen LogP contribution is -2.31. The van der Waals surface area contributed by atoms with Crippen LogP contribution in [-0.2, 0) is 0 Å². The highest BCUT2D eigenvalue weighted by Gasteiger charge is 2.29. The number of fused-ring (bicyclic) bond motifs is 1. The smallest absolute Gasteiger partial charge is 0.230 e. The van der Waals surface area contributed by atoms with Crippen LogP contribution >= 0.6 is 11.3 Å². The highest BCUT2D eigenvalue weighted by molar-refractivity contribution is 7.17. The predicted molar refractivity (Wildman–Crippen MR) is 98.3 cm³/mol. The molecule has 1 atom stereocenters. The number of hydrogen-bond acceptors (Lipinski definition) is 8. The summed E-state index contributed by atoms with van der Waals surface area (Å²) >= 11 is 1.37. The topological polar surface area (TPSA) is 92.4 Å². The summed E-state index contributed by atoms with van der Waals surface area (Å²) in [5.74, 6) is 1.29. The van der Waals surface area contributed by atoms with Crippen LogP contribution in [0.4, 0.5) is 0 Å². The van der Waals surface area contributed by atoms with Gasteiger partial charge in [0.15, 0.2) is 11.5 Å². The predicted octanol–water partition coefficient (Wildman–Crippen LogP) is 1.92. The summed E-state index contributed by atoms with van der Waals surface area (Å²) < 4.78 is 12.2. The molecule has 0 aliphatic carbocycles. The van der Waals surface area contributed by atoms with Gasteiger partial charge in [-0.15, -0.1) is 0 Å². The van der Waals surface area contributed by atoms with Gasteiger partial charge in [-0.25, -0.2) is 4.98 Å². The molecule has 0 saturated carbocycles. The molecule has 0 bridgehead atoms. The average molecular weight is 378 g/mol. The first-order valence-electron chi connectivity index (χ1n) is 8.22. The van der Waals surface area contributed by atoms with Crippen LogP contribution in [0.5, 0.6) is 17.4 Å². The number of likely N-dealkylation sites (N-methyl/N-ethyl adjacent to an activating group) is 1. The standard InChI is InChI=1S/C17H22N4O4S/c1-4-20(7-8-22)14(11-5-6-12(24-2)13(9-11)25-3)15-16(23)21-17(26-15)18-10-19-21/h5-6,9-10,14,22-23H,4,7-8H2,1-3H3. The van der Waals surface area contributed by atoms with Crippen molar-refractivity contribution in [1.82, 2.24) is 19.5 Å². The largest absolute Gasteiger partial charge is 0.493 e. The highest BCUT2D eigenvalue weighted by atomic mass is 32.1. The van der Waals surface area contributed by atoms with Crippen LogP contribution in [0.2, 0.25) is 0 Å². The monoisotopic (exact) mass is 378 g/mol. The van der Waals surface area contributed by atoms with Crippen molar-refractivity contribution in [2.75, 3.05) is 33.9 Å². The second-order valence-electron chi connectivity index (χ2n) is 5.61. The minimum absolute atomic E-state index is 0.0130. The molecule has 8 nitrogen and oxygen atoms in total. The van der Waals surface area contributed by atoms with Crippen molar-refractivity contribution in [2.24, 2.45) is 0 Å². The summed E-state index contributed by atoms with van der Waals surface area (Å²) in [6.45, 7) is 3.17. The zero-order valence-corrected chi connectivity index (χ0v) is 15.7. The Balaban J connectivity index is 2.14. The van der Waals surface area contributed by atoms with Gasteiger partial charge in [0, 0.05) is 6.54 Å². The number of thiazole rings is 1. The van der Waals surface area contributed by atoms with Crippen molar-refractivity contribution in [3.63, 3.8) is 0 Å². The third-order valence-electron chi connectivity index (χ3n) is 4.27. The molecule has 3 rings (SSSR count). The van der Waals surface area contributed by atoms with Gasteiger partial charge < -0.3 is 19.7 Å². The Labute approximate surface area is 155 Å². The van der Waals surface area contributed by atoms with Gasteiger partial charge in [-0.3, -0.25) is 4.90 Å². The van der Waals surface area contributed by atoms with Crippen molar-refractivity contribution in [2.45, 2.75) is 13.0 Å². The number of nitrogens with zero attached hydrogens (tertiary/aromatic N) is 4. The van der Waals surface area contributed by atoms with Crippen molar-refractivity contribution >= 4 is 16.3 Å². The fourth-order valence-corrected chi connectivity index (χ4v) is 4.11. The van der Waals surface area contributed by atoms with Crippen molar-refractivity contribution in [1.29, 1.82) is 0 Å². The minimum atomic E-state index is -0.277. The number of methoxy groups -OCH3 is 2. The number of benzene rings is 1. The first kappa shape index (κ1) is 18.4. The fraction of sp³-hybridized carbons (Fsp3) is 0.412. The molecule has 2 N–H and O–H groups in total. The first-order chi connectivity index (χ1) is 12.6. The van der Waals surface area contributed by atoms with Crippen LogP contribution in [0.1, 0.15) is 23.4 Å². The van der Waals surface area contributed by atoms with E-state index in [-0.39, 0.29) is 18.5 Å². The van der Waals surface area contributed by atoms with Crippen LogP contribution in [0.25, 0.3) is 4.96 Å². The van der Waals surface area contributed by atoms with Gasteiger partial charge in [0.2, 0.25) is 10.8 Å². The summed E-state index contributed by atoms with van der Waals surface area (Å²) in [6, 6.07) is 5.38. The van der Waals surface area contributed by atoms with Crippen LogP contribution in [-0.4, -0.2) is 63.6 Å². The number of aromatic hydroxyl groups is 1. The second-order valence-corrected chi connectivity index (χ2v) is 6.62. The van der Waals surface area contributed by atoms with E-state index in [2.05, 4.69) is 15.0 Å². The Kier molecular flexibility index (Phi) is 5.60. The molecular formula is C17H22N4O4S. The summed E-state index contributed by atoms with van der Waals surface area (Å²) in [5.41, 5.74) is 0.915. The lowest BCUT2D eigenvalue weighted by Gasteiger charge is -2.30. The third-order valence-corrected chi connectivity index (χ3v) is 5.36. The number of aromatic nitrogens is 3. The van der Waals surface area contributed by atoms with Crippen molar-refractivity contribution < 1.29 is 19.7 Å². The van der Waals surface area contributed by atoms with E-state index in [0.29, 0.717) is 34.4 Å². The Morgan fingerprint density at radius 3 is 2.65 bits per heavy atom. The molecule has 1 unspecified atom stereocenters. The number of ether oxygens (including phenoxy) is 2. The maximum Gasteiger partial charge on any atom is 0.230 e. The normalized spacial score (nSPS) is 12.7. The molecule has 3 aromatic rings. The summed E-state index contributed by atoms with van der Waals surface area (Å²) in [4.78, 5) is 7.57. The van der Waals surface area contributed by atoms with E-state index < -0.39 is 0 Å². The average Bonchev–Trinajstić information content (AvgIpc) is 3.24. The molecule has 0 spiro atoms. The highest BCUT2D eigenvalue weighted by Crippen LogP contribution is 2.41. The van der Waals surface area contributed by atoms with E-state index in [0.717, 1.165) is 5.56 Å². The molecule has 0 saturated heterocycles. The molecule has 2 heterocycles. The SMILES string of the molecule is CCN(CCO)C(c1ccc(OC)c(OC)c1)c1sc2ncnn2c1O. The van der Waals surface area contributed by atoms with Gasteiger partial charge in [-0.2, -0.15) is 9.61 Å². The van der Waals surface area contributed by atoms with E-state index in [4.69, 9.17) is 9.47 Å². The first-order valence-corrected chi connectivity index (χ1v) is 9.04. The zero-order chi connectivity index (χ0) is 18.7. The summed E-state index contributed by atoms with van der Waals surface area (Å²) in [7, 11) is 3.17. The zero-order valence-electron chi connectivity index (χ0n) is 14.9. The maximum atomic E-state index is 10.7. The molecule has 9 heteroatoms. The second kappa shape index (κ2) is 7.90. The summed E-state index contributed by atoms with van der Waals surface area (Å²) in [5, 5.41) is 24.2. The van der Waals surface area contributed by atoms with Gasteiger partial charge in [0.05, 0.1) is 31.7 Å². The molecule has 140 valence electrons. The number of aliphatic hydroxyl groups is 1. The molecular weight excluding hydrogens is 356 g/mol. The van der Waals surface area contributed by atoms with Crippen LogP contribution in [0.15, 0.2) is 24.5 Å². The Morgan fingerprint density at radius 1 is 1.27 bits per heavy atom. The van der Waals surface area contributed by atoms with E-state index in [1.54, 1.807) is 14.2 Å². The van der Waals surface area contributed by atoms with E-state index in [1.165, 1.54) is 22.2 Å². The molecule has 0 amide bonds. The van der Waals surface area contributed by atoms with E-state index in [9.17, 15) is 10.2 Å². The van der Waals surface area contributed by atoms with E-state index in [1.807, 2.05) is 25.1 Å². The maximum absolute atomic E-state index is 10.7. The van der Waals surface area contributed by atoms with Crippen LogP contribution in [0.3, 0.4) is 0 Å². The van der Waals surface area contributed by atoms with E-state index >= 15 is 0 Å².